The lowest BCUT2D eigenvalue weighted by Gasteiger charge is -2.05. The van der Waals surface area contributed by atoms with Gasteiger partial charge in [-0.3, -0.25) is 0 Å². The number of anilines is 2. The number of nitrogens with two attached hydrogens (primary N) is 1. The zero-order valence-corrected chi connectivity index (χ0v) is 10.5. The summed E-state index contributed by atoms with van der Waals surface area (Å²) in [5.41, 5.74) is 7.98. The van der Waals surface area contributed by atoms with E-state index in [1.54, 1.807) is 6.07 Å². The molecule has 0 amide bonds. The number of aromatic nitrogens is 1. The van der Waals surface area contributed by atoms with E-state index >= 15 is 0 Å². The number of aliphatic hydroxyl groups is 2. The number of fused-ring (bicyclic) bond motifs is 1. The molecular weight excluding hydrogens is 254 g/mol. The molecule has 0 unspecified atom stereocenters. The first-order valence-corrected chi connectivity index (χ1v) is 6.35. The van der Waals surface area contributed by atoms with Crippen LogP contribution in [0.2, 0.25) is 0 Å². The monoisotopic (exact) mass is 269 g/mol. The van der Waals surface area contributed by atoms with Gasteiger partial charge in [0.15, 0.2) is 0 Å². The second-order valence-electron chi connectivity index (χ2n) is 3.58. The number of nitrogen functional groups attached to an aromatic ring is 1. The van der Waals surface area contributed by atoms with Crippen molar-refractivity contribution in [1.29, 1.82) is 0 Å². The summed E-state index contributed by atoms with van der Waals surface area (Å²) in [6.07, 6.45) is 0. The van der Waals surface area contributed by atoms with Crippen LogP contribution < -0.4 is 15.8 Å². The second-order valence-corrected chi connectivity index (χ2v) is 4.54. The summed E-state index contributed by atoms with van der Waals surface area (Å²) >= 11 is 1.36. The molecule has 5 N–H and O–H groups in total. The Balaban J connectivity index is 2.34. The molecule has 1 heterocycles. The third kappa shape index (κ3) is 2.63. The second kappa shape index (κ2) is 5.85. The minimum Gasteiger partial charge on any atom is -0.468 e. The smallest absolute Gasteiger partial charge is 0.274 e. The van der Waals surface area contributed by atoms with Crippen LogP contribution in [0.4, 0.5) is 11.4 Å². The maximum Gasteiger partial charge on any atom is 0.274 e. The summed E-state index contributed by atoms with van der Waals surface area (Å²) in [4.78, 5) is 4.28. The van der Waals surface area contributed by atoms with Crippen LogP contribution in [0.3, 0.4) is 0 Å². The third-order valence-electron chi connectivity index (χ3n) is 2.30. The van der Waals surface area contributed by atoms with Crippen LogP contribution >= 0.6 is 11.3 Å². The summed E-state index contributed by atoms with van der Waals surface area (Å²) in [6, 6.07) is 3.61. The molecule has 1 aromatic heterocycles. The first-order chi connectivity index (χ1) is 8.76. The summed E-state index contributed by atoms with van der Waals surface area (Å²) in [6.45, 7) is 0.669. The lowest BCUT2D eigenvalue weighted by molar-refractivity contribution is 0.201. The van der Waals surface area contributed by atoms with Gasteiger partial charge >= 0.3 is 0 Å². The maximum atomic E-state index is 8.82. The highest BCUT2D eigenvalue weighted by Crippen LogP contribution is 2.36. The molecule has 0 aliphatic heterocycles. The van der Waals surface area contributed by atoms with E-state index in [1.165, 1.54) is 11.3 Å². The Morgan fingerprint density at radius 1 is 1.33 bits per heavy atom. The molecular formula is C11H15N3O3S. The van der Waals surface area contributed by atoms with Crippen LogP contribution in [0, 0.1) is 0 Å². The molecule has 18 heavy (non-hydrogen) atoms. The van der Waals surface area contributed by atoms with Crippen molar-refractivity contribution in [2.24, 2.45) is 0 Å². The Kier molecular flexibility index (Phi) is 4.19. The Morgan fingerprint density at radius 2 is 2.17 bits per heavy atom. The number of thiazole rings is 1. The number of benzene rings is 1. The van der Waals surface area contributed by atoms with Crippen LogP contribution in [0.1, 0.15) is 0 Å². The summed E-state index contributed by atoms with van der Waals surface area (Å²) in [5, 5.41) is 21.1. The topological polar surface area (TPSA) is 101 Å². The van der Waals surface area contributed by atoms with Gasteiger partial charge in [0.1, 0.15) is 12.1 Å². The van der Waals surface area contributed by atoms with Crippen molar-refractivity contribution in [3.63, 3.8) is 0 Å². The molecule has 0 spiro atoms. The predicted octanol–water partition coefficient (Wildman–Crippen LogP) is 0.654. The van der Waals surface area contributed by atoms with Crippen LogP contribution in [0.25, 0.3) is 10.2 Å². The molecule has 2 rings (SSSR count). The van der Waals surface area contributed by atoms with Gasteiger partial charge in [-0.1, -0.05) is 11.3 Å². The molecule has 98 valence electrons. The average Bonchev–Trinajstić information content (AvgIpc) is 2.81. The van der Waals surface area contributed by atoms with Crippen LogP contribution in [-0.4, -0.2) is 41.6 Å². The zero-order chi connectivity index (χ0) is 13.0. The van der Waals surface area contributed by atoms with E-state index in [0.717, 1.165) is 10.4 Å². The van der Waals surface area contributed by atoms with Crippen molar-refractivity contribution in [2.75, 3.05) is 37.4 Å². The fraction of sp³-hybridized carbons (Fsp3) is 0.364. The highest BCUT2D eigenvalue weighted by molar-refractivity contribution is 7.21. The number of ether oxygens (including phenoxy) is 1. The van der Waals surface area contributed by atoms with Gasteiger partial charge in [-0.05, 0) is 12.1 Å². The quantitative estimate of drug-likeness (QED) is 0.575. The summed E-state index contributed by atoms with van der Waals surface area (Å²) in [5.74, 6) is 0. The minimum atomic E-state index is -0.0545. The van der Waals surface area contributed by atoms with E-state index in [4.69, 9.17) is 20.7 Å². The summed E-state index contributed by atoms with van der Waals surface area (Å²) < 4.78 is 6.16. The van der Waals surface area contributed by atoms with Gasteiger partial charge in [0.05, 0.1) is 29.3 Å². The first-order valence-electron chi connectivity index (χ1n) is 5.53. The molecule has 6 nitrogen and oxygen atoms in total. The van der Waals surface area contributed by atoms with Crippen LogP contribution in [-0.2, 0) is 0 Å². The van der Waals surface area contributed by atoms with E-state index in [9.17, 15) is 0 Å². The van der Waals surface area contributed by atoms with E-state index in [1.807, 2.05) is 6.07 Å². The fourth-order valence-corrected chi connectivity index (χ4v) is 2.50. The van der Waals surface area contributed by atoms with E-state index in [0.29, 0.717) is 22.9 Å². The van der Waals surface area contributed by atoms with E-state index in [-0.39, 0.29) is 19.8 Å². The Bertz CT molecular complexity index is 529. The minimum absolute atomic E-state index is 0.0541. The Hall–Kier alpha value is -1.57. The highest BCUT2D eigenvalue weighted by Gasteiger charge is 2.11. The van der Waals surface area contributed by atoms with Gasteiger partial charge in [-0.25, -0.2) is 4.98 Å². The van der Waals surface area contributed by atoms with Crippen molar-refractivity contribution >= 4 is 32.9 Å². The average molecular weight is 269 g/mol. The first kappa shape index (κ1) is 12.9. The normalized spacial score (nSPS) is 10.8. The molecule has 1 aromatic carbocycles. The van der Waals surface area contributed by atoms with Gasteiger partial charge < -0.3 is 26.0 Å². The van der Waals surface area contributed by atoms with Gasteiger partial charge in [0.2, 0.25) is 0 Å². The molecule has 2 aromatic rings. The molecule has 0 radical (unpaired) electrons. The SMILES string of the molecule is Nc1ccc(NCCO)c2sc(OCCO)nc12. The van der Waals surface area contributed by atoms with Gasteiger partial charge in [-0.15, -0.1) is 0 Å². The molecule has 0 saturated heterocycles. The van der Waals surface area contributed by atoms with Crippen molar-refractivity contribution < 1.29 is 14.9 Å². The molecule has 0 aliphatic carbocycles. The molecule has 0 bridgehead atoms. The van der Waals surface area contributed by atoms with Crippen molar-refractivity contribution in [2.45, 2.75) is 0 Å². The lowest BCUT2D eigenvalue weighted by atomic mass is 10.2. The van der Waals surface area contributed by atoms with Crippen molar-refractivity contribution in [3.8, 4) is 5.19 Å². The summed E-state index contributed by atoms with van der Waals surface area (Å²) in [7, 11) is 0. The number of hydrogen-bond acceptors (Lipinski definition) is 7. The third-order valence-corrected chi connectivity index (χ3v) is 3.30. The zero-order valence-electron chi connectivity index (χ0n) is 9.72. The standard InChI is InChI=1S/C11H15N3O3S/c12-7-1-2-8(13-3-4-15)10-9(7)14-11(18-10)17-6-5-16/h1-2,13,15-16H,3-6,12H2. The number of nitrogens with one attached hydrogen (secondary N) is 1. The molecule has 0 fully saturated rings. The van der Waals surface area contributed by atoms with E-state index < -0.39 is 0 Å². The lowest BCUT2D eigenvalue weighted by Crippen LogP contribution is -2.05. The fourth-order valence-electron chi connectivity index (χ4n) is 1.53. The van der Waals surface area contributed by atoms with Crippen molar-refractivity contribution in [3.05, 3.63) is 12.1 Å². The van der Waals surface area contributed by atoms with E-state index in [2.05, 4.69) is 10.3 Å². The number of nitrogens with zero attached hydrogens (tertiary/aromatic N) is 1. The van der Waals surface area contributed by atoms with Gasteiger partial charge in [0.25, 0.3) is 5.19 Å². The molecule has 0 atom stereocenters. The predicted molar refractivity (Wildman–Crippen MR) is 72.2 cm³/mol. The van der Waals surface area contributed by atoms with Crippen LogP contribution in [0.15, 0.2) is 12.1 Å². The largest absolute Gasteiger partial charge is 0.468 e. The van der Waals surface area contributed by atoms with Crippen LogP contribution in [0.5, 0.6) is 5.19 Å². The maximum absolute atomic E-state index is 8.82. The number of hydrogen-bond donors (Lipinski definition) is 4. The molecule has 7 heteroatoms. The number of aliphatic hydroxyl groups excluding tert-OH is 2. The Labute approximate surface area is 108 Å². The van der Waals surface area contributed by atoms with Gasteiger partial charge in [0, 0.05) is 6.54 Å². The highest BCUT2D eigenvalue weighted by atomic mass is 32.1. The molecule has 0 aliphatic rings. The molecule has 0 saturated carbocycles. The Morgan fingerprint density at radius 3 is 2.89 bits per heavy atom. The van der Waals surface area contributed by atoms with Gasteiger partial charge in [-0.2, -0.15) is 0 Å². The van der Waals surface area contributed by atoms with Crippen molar-refractivity contribution in [1.82, 2.24) is 4.98 Å². The number of rotatable bonds is 6.